The quantitative estimate of drug-likeness (QED) is 0.250. The molecule has 0 saturated heterocycles. The molecule has 0 spiro atoms. The molecule has 0 aliphatic heterocycles. The summed E-state index contributed by atoms with van der Waals surface area (Å²) in [5, 5.41) is 13.8. The fourth-order valence-corrected chi connectivity index (χ4v) is 5.12. The van der Waals surface area contributed by atoms with Gasteiger partial charge in [0.15, 0.2) is 5.82 Å². The van der Waals surface area contributed by atoms with Crippen LogP contribution in [0.1, 0.15) is 39.9 Å². The predicted molar refractivity (Wildman–Crippen MR) is 155 cm³/mol. The highest BCUT2D eigenvalue weighted by molar-refractivity contribution is 5.79. The van der Waals surface area contributed by atoms with Crippen molar-refractivity contribution in [2.75, 3.05) is 7.11 Å². The van der Waals surface area contributed by atoms with E-state index in [-0.39, 0.29) is 5.56 Å². The first kappa shape index (κ1) is 26.2. The third-order valence-corrected chi connectivity index (χ3v) is 7.15. The van der Waals surface area contributed by atoms with E-state index in [1.807, 2.05) is 97.9 Å². The zero-order valence-corrected chi connectivity index (χ0v) is 22.9. The van der Waals surface area contributed by atoms with E-state index < -0.39 is 6.04 Å². The number of ether oxygens (including phenoxy) is 1. The van der Waals surface area contributed by atoms with Gasteiger partial charge in [0.05, 0.1) is 26.5 Å². The van der Waals surface area contributed by atoms with E-state index in [0.717, 1.165) is 39.1 Å². The van der Waals surface area contributed by atoms with Crippen LogP contribution >= 0.6 is 0 Å². The highest BCUT2D eigenvalue weighted by Gasteiger charge is 2.31. The van der Waals surface area contributed by atoms with Gasteiger partial charge in [-0.05, 0) is 75.8 Å². The Morgan fingerprint density at radius 2 is 1.78 bits per heavy atom. The van der Waals surface area contributed by atoms with Crippen LogP contribution in [0.2, 0.25) is 0 Å². The number of tetrazole rings is 1. The monoisotopic (exact) mass is 546 g/mol. The zero-order valence-electron chi connectivity index (χ0n) is 22.9. The van der Waals surface area contributed by atoms with Gasteiger partial charge in [0.1, 0.15) is 17.6 Å². The van der Waals surface area contributed by atoms with Crippen molar-refractivity contribution in [1.29, 1.82) is 0 Å². The maximum atomic E-state index is 13.8. The Hall–Kier alpha value is -5.02. The highest BCUT2D eigenvalue weighted by atomic mass is 16.5. The average molecular weight is 547 g/mol. The predicted octanol–water partition coefficient (Wildman–Crippen LogP) is 5.26. The van der Waals surface area contributed by atoms with Gasteiger partial charge in [0, 0.05) is 17.6 Å². The molecule has 9 heteroatoms. The Morgan fingerprint density at radius 1 is 0.951 bits per heavy atom. The largest absolute Gasteiger partial charge is 0.497 e. The van der Waals surface area contributed by atoms with E-state index in [4.69, 9.17) is 9.15 Å². The summed E-state index contributed by atoms with van der Waals surface area (Å²) in [6, 6.07) is 29.1. The van der Waals surface area contributed by atoms with Crippen LogP contribution < -0.4 is 10.3 Å². The molecule has 9 nitrogen and oxygen atoms in total. The second-order valence-electron chi connectivity index (χ2n) is 10.1. The van der Waals surface area contributed by atoms with E-state index in [1.165, 1.54) is 0 Å². The van der Waals surface area contributed by atoms with Crippen LogP contribution in [0.5, 0.6) is 5.75 Å². The second-order valence-corrected chi connectivity index (χ2v) is 10.1. The number of hydrogen-bond acceptors (Lipinski definition) is 7. The first-order valence-electron chi connectivity index (χ1n) is 13.4. The topological polar surface area (TPSA) is 102 Å². The van der Waals surface area contributed by atoms with E-state index in [0.29, 0.717) is 31.0 Å². The number of fused-ring (bicyclic) bond motifs is 1. The standard InChI is InChI=1S/C32H30N6O3/c1-22-10-13-25-18-28(32(39)33-29(25)17-22)30(31-34-35-36-38(31)20-23-7-4-3-5-8-23)37(21-27-9-6-16-41-27)19-24-11-14-26(40-2)15-12-24/h3-18,30H,19-21H2,1-2H3,(H,33,39)/t30-/m0/s1. The summed E-state index contributed by atoms with van der Waals surface area (Å²) >= 11 is 0. The molecule has 0 aliphatic carbocycles. The number of furan rings is 1. The Kier molecular flexibility index (Phi) is 7.42. The van der Waals surface area contributed by atoms with Crippen molar-refractivity contribution in [2.45, 2.75) is 32.6 Å². The van der Waals surface area contributed by atoms with Crippen LogP contribution in [-0.2, 0) is 19.6 Å². The van der Waals surface area contributed by atoms with E-state index in [2.05, 4.69) is 25.4 Å². The molecule has 3 aromatic heterocycles. The lowest BCUT2D eigenvalue weighted by atomic mass is 10.0. The van der Waals surface area contributed by atoms with Crippen molar-refractivity contribution in [3.05, 3.63) is 141 Å². The van der Waals surface area contributed by atoms with Crippen LogP contribution in [0.3, 0.4) is 0 Å². The Bertz CT molecular complexity index is 1790. The minimum atomic E-state index is -0.588. The van der Waals surface area contributed by atoms with Gasteiger partial charge in [-0.25, -0.2) is 4.68 Å². The number of pyridine rings is 1. The molecule has 0 saturated carbocycles. The Balaban J connectivity index is 1.51. The molecule has 6 aromatic rings. The van der Waals surface area contributed by atoms with Crippen LogP contribution in [0, 0.1) is 6.92 Å². The summed E-state index contributed by atoms with van der Waals surface area (Å²) in [6.07, 6.45) is 1.65. The number of hydrogen-bond donors (Lipinski definition) is 1. The summed E-state index contributed by atoms with van der Waals surface area (Å²) in [6.45, 7) is 3.39. The number of benzene rings is 3. The molecule has 3 heterocycles. The molecule has 0 fully saturated rings. The van der Waals surface area contributed by atoms with Gasteiger partial charge in [-0.2, -0.15) is 0 Å². The molecule has 206 valence electrons. The van der Waals surface area contributed by atoms with Crippen molar-refractivity contribution >= 4 is 10.9 Å². The second kappa shape index (κ2) is 11.6. The number of H-pyrrole nitrogens is 1. The SMILES string of the molecule is COc1ccc(CN(Cc2ccco2)[C@@H](c2cc3ccc(C)cc3[nH]c2=O)c2nnnn2Cc2ccccc2)cc1. The third-order valence-electron chi connectivity index (χ3n) is 7.15. The summed E-state index contributed by atoms with van der Waals surface area (Å²) in [5.41, 5.74) is 4.30. The summed E-state index contributed by atoms with van der Waals surface area (Å²) in [5.74, 6) is 2.10. The van der Waals surface area contributed by atoms with Crippen molar-refractivity contribution in [3.63, 3.8) is 0 Å². The summed E-state index contributed by atoms with van der Waals surface area (Å²) in [7, 11) is 1.65. The van der Waals surface area contributed by atoms with Gasteiger partial charge in [-0.3, -0.25) is 9.69 Å². The van der Waals surface area contributed by atoms with Gasteiger partial charge in [-0.15, -0.1) is 5.10 Å². The van der Waals surface area contributed by atoms with Crippen LogP contribution in [0.25, 0.3) is 10.9 Å². The van der Waals surface area contributed by atoms with E-state index >= 15 is 0 Å². The molecule has 0 radical (unpaired) electrons. The van der Waals surface area contributed by atoms with Gasteiger partial charge < -0.3 is 14.1 Å². The molecular weight excluding hydrogens is 516 g/mol. The smallest absolute Gasteiger partial charge is 0.253 e. The maximum Gasteiger partial charge on any atom is 0.253 e. The molecular formula is C32H30N6O3. The number of aryl methyl sites for hydroxylation is 1. The lowest BCUT2D eigenvalue weighted by Crippen LogP contribution is -2.34. The van der Waals surface area contributed by atoms with Crippen LogP contribution in [0.4, 0.5) is 0 Å². The first-order valence-corrected chi connectivity index (χ1v) is 13.4. The molecule has 0 amide bonds. The van der Waals surface area contributed by atoms with E-state index in [9.17, 15) is 4.79 Å². The molecule has 0 unspecified atom stereocenters. The van der Waals surface area contributed by atoms with Gasteiger partial charge in [0.2, 0.25) is 0 Å². The molecule has 0 aliphatic rings. The average Bonchev–Trinajstić information content (AvgIpc) is 3.67. The minimum absolute atomic E-state index is 0.193. The summed E-state index contributed by atoms with van der Waals surface area (Å²) < 4.78 is 12.9. The highest BCUT2D eigenvalue weighted by Crippen LogP contribution is 2.31. The van der Waals surface area contributed by atoms with Crippen LogP contribution in [-0.4, -0.2) is 37.2 Å². The number of rotatable bonds is 10. The van der Waals surface area contributed by atoms with Gasteiger partial charge in [-0.1, -0.05) is 54.6 Å². The van der Waals surface area contributed by atoms with Gasteiger partial charge >= 0.3 is 0 Å². The molecule has 41 heavy (non-hydrogen) atoms. The summed E-state index contributed by atoms with van der Waals surface area (Å²) in [4.78, 5) is 19.1. The number of methoxy groups -OCH3 is 1. The molecule has 1 atom stereocenters. The number of aromatic amines is 1. The molecule has 3 aromatic carbocycles. The maximum absolute atomic E-state index is 13.8. The van der Waals surface area contributed by atoms with Gasteiger partial charge in [0.25, 0.3) is 5.56 Å². The van der Waals surface area contributed by atoms with E-state index in [1.54, 1.807) is 18.1 Å². The first-order chi connectivity index (χ1) is 20.1. The number of nitrogens with one attached hydrogen (secondary N) is 1. The fraction of sp³-hybridized carbons (Fsp3) is 0.188. The molecule has 6 rings (SSSR count). The minimum Gasteiger partial charge on any atom is -0.497 e. The van der Waals surface area contributed by atoms with Crippen molar-refractivity contribution in [2.24, 2.45) is 0 Å². The number of aromatic nitrogens is 5. The van der Waals surface area contributed by atoms with Crippen molar-refractivity contribution in [3.8, 4) is 5.75 Å². The van der Waals surface area contributed by atoms with Crippen molar-refractivity contribution < 1.29 is 9.15 Å². The zero-order chi connectivity index (χ0) is 28.2. The fourth-order valence-electron chi connectivity index (χ4n) is 5.12. The number of nitrogens with zero attached hydrogens (tertiary/aromatic N) is 5. The normalized spacial score (nSPS) is 12.2. The Morgan fingerprint density at radius 3 is 2.54 bits per heavy atom. The molecule has 0 bridgehead atoms. The van der Waals surface area contributed by atoms with Crippen molar-refractivity contribution in [1.82, 2.24) is 30.1 Å². The van der Waals surface area contributed by atoms with Crippen LogP contribution in [0.15, 0.2) is 106 Å². The lowest BCUT2D eigenvalue weighted by Gasteiger charge is -2.30. The lowest BCUT2D eigenvalue weighted by molar-refractivity contribution is 0.179. The third kappa shape index (κ3) is 5.80. The molecule has 1 N–H and O–H groups in total. The Labute approximate surface area is 237 Å².